The molecule has 3 aliphatic rings. The molecule has 3 heterocycles. The van der Waals surface area contributed by atoms with E-state index in [1.165, 1.54) is 49.0 Å². The van der Waals surface area contributed by atoms with E-state index in [-0.39, 0.29) is 25.9 Å². The van der Waals surface area contributed by atoms with Gasteiger partial charge in [0.1, 0.15) is 11.4 Å². The molecular weight excluding hydrogens is 584 g/mol. The molecule has 6 rings (SSSR count). The summed E-state index contributed by atoms with van der Waals surface area (Å²) in [6, 6.07) is 6.13. The van der Waals surface area contributed by atoms with E-state index in [0.29, 0.717) is 23.9 Å². The standard InChI is InChI=1S/C25H22F4N6O4.C5H10/c1-33-22(38)24(35(23(33)39)16-3-5-19-14(10-16)12-31-32-19)6-8-34(9-7-24)20(36)13-30-21(37)17-11-15(25(27,28)29)2-4-18(17)26;1-2-4-5-3-1/h2-5,10-12H,6-9,13H2,1H3,(H,30,37)(H,31,32);1-5H2. The third-order valence-corrected chi connectivity index (χ3v) is 8.42. The number of piperidine rings is 1. The number of anilines is 1. The minimum atomic E-state index is -4.77. The van der Waals surface area contributed by atoms with Crippen LogP contribution in [0.1, 0.15) is 60.9 Å². The fourth-order valence-corrected chi connectivity index (χ4v) is 5.94. The number of carbonyl (C=O) groups is 4. The van der Waals surface area contributed by atoms with Crippen LogP contribution in [0.2, 0.25) is 0 Å². The maximum absolute atomic E-state index is 14.0. The molecule has 5 amide bonds. The average molecular weight is 617 g/mol. The normalized spacial score (nSPS) is 18.2. The Morgan fingerprint density at radius 1 is 1.00 bits per heavy atom. The van der Waals surface area contributed by atoms with Crippen molar-refractivity contribution < 1.29 is 36.7 Å². The molecule has 0 atom stereocenters. The van der Waals surface area contributed by atoms with Gasteiger partial charge in [0.2, 0.25) is 5.91 Å². The predicted octanol–water partition coefficient (Wildman–Crippen LogP) is 4.86. The highest BCUT2D eigenvalue weighted by atomic mass is 19.4. The summed E-state index contributed by atoms with van der Waals surface area (Å²) in [5.41, 5.74) is -1.99. The van der Waals surface area contributed by atoms with E-state index >= 15 is 0 Å². The number of H-pyrrole nitrogens is 1. The molecule has 0 unspecified atom stereocenters. The van der Waals surface area contributed by atoms with Crippen molar-refractivity contribution in [3.05, 3.63) is 59.5 Å². The highest BCUT2D eigenvalue weighted by molar-refractivity contribution is 6.17. The quantitative estimate of drug-likeness (QED) is 0.321. The summed E-state index contributed by atoms with van der Waals surface area (Å²) in [6.45, 7) is -0.441. The van der Waals surface area contributed by atoms with Crippen molar-refractivity contribution in [3.8, 4) is 0 Å². The van der Waals surface area contributed by atoms with E-state index in [4.69, 9.17) is 0 Å². The first kappa shape index (κ1) is 31.0. The Bertz CT molecular complexity index is 1570. The Morgan fingerprint density at radius 3 is 2.30 bits per heavy atom. The number of imide groups is 1. The summed E-state index contributed by atoms with van der Waals surface area (Å²) in [4.78, 5) is 55.3. The van der Waals surface area contributed by atoms with Crippen molar-refractivity contribution >= 4 is 40.3 Å². The molecule has 2 aliphatic heterocycles. The molecule has 10 nitrogen and oxygen atoms in total. The number of hydrogen-bond donors (Lipinski definition) is 2. The highest BCUT2D eigenvalue weighted by Crippen LogP contribution is 2.41. The number of likely N-dealkylation sites (N-methyl/N-ethyl adjacent to an activating group) is 1. The van der Waals surface area contributed by atoms with E-state index in [9.17, 15) is 36.7 Å². The van der Waals surface area contributed by atoms with Gasteiger partial charge in [0, 0.05) is 31.2 Å². The summed E-state index contributed by atoms with van der Waals surface area (Å²) in [7, 11) is 1.39. The molecule has 0 bridgehead atoms. The van der Waals surface area contributed by atoms with Gasteiger partial charge in [0.05, 0.1) is 29.4 Å². The van der Waals surface area contributed by atoms with Gasteiger partial charge in [-0.3, -0.25) is 29.3 Å². The number of likely N-dealkylation sites (tertiary alicyclic amines) is 1. The maximum atomic E-state index is 14.0. The Labute approximate surface area is 250 Å². The maximum Gasteiger partial charge on any atom is 0.416 e. The van der Waals surface area contributed by atoms with Gasteiger partial charge in [-0.15, -0.1) is 0 Å². The minimum Gasteiger partial charge on any atom is -0.343 e. The number of urea groups is 1. The van der Waals surface area contributed by atoms with Crippen LogP contribution in [-0.2, 0) is 15.8 Å². The van der Waals surface area contributed by atoms with Crippen molar-refractivity contribution in [3.63, 3.8) is 0 Å². The Kier molecular flexibility index (Phi) is 8.62. The molecular formula is C30H32F4N6O4. The first-order chi connectivity index (χ1) is 20.9. The van der Waals surface area contributed by atoms with E-state index in [0.717, 1.165) is 15.8 Å². The third kappa shape index (κ3) is 5.97. The van der Waals surface area contributed by atoms with E-state index in [1.807, 2.05) is 0 Å². The van der Waals surface area contributed by atoms with Gasteiger partial charge >= 0.3 is 12.2 Å². The Hall–Kier alpha value is -4.49. The van der Waals surface area contributed by atoms with Crippen LogP contribution in [0.25, 0.3) is 10.9 Å². The number of amides is 5. The lowest BCUT2D eigenvalue weighted by molar-refractivity contribution is -0.137. The molecule has 3 fully saturated rings. The Morgan fingerprint density at radius 2 is 1.66 bits per heavy atom. The van der Waals surface area contributed by atoms with Crippen molar-refractivity contribution in [2.45, 2.75) is 56.7 Å². The fourth-order valence-electron chi connectivity index (χ4n) is 5.94. The van der Waals surface area contributed by atoms with Crippen molar-refractivity contribution in [2.75, 3.05) is 31.6 Å². The number of nitrogens with one attached hydrogen (secondary N) is 2. The molecule has 3 aromatic rings. The lowest BCUT2D eigenvalue weighted by Gasteiger charge is -2.42. The molecule has 2 aromatic carbocycles. The number of halogens is 4. The zero-order chi connectivity index (χ0) is 31.6. The number of carbonyl (C=O) groups excluding carboxylic acids is 4. The topological polar surface area (TPSA) is 119 Å². The van der Waals surface area contributed by atoms with Gasteiger partial charge in [-0.2, -0.15) is 18.3 Å². The van der Waals surface area contributed by atoms with Gasteiger partial charge in [-0.25, -0.2) is 9.18 Å². The molecule has 1 aliphatic carbocycles. The molecule has 44 heavy (non-hydrogen) atoms. The second-order valence-corrected chi connectivity index (χ2v) is 11.2. The zero-order valence-corrected chi connectivity index (χ0v) is 24.0. The number of nitrogens with zero attached hydrogens (tertiary/aromatic N) is 4. The molecule has 1 aromatic heterocycles. The number of aromatic amines is 1. The number of aromatic nitrogens is 2. The molecule has 14 heteroatoms. The molecule has 1 spiro atoms. The monoisotopic (exact) mass is 616 g/mol. The van der Waals surface area contributed by atoms with Crippen molar-refractivity contribution in [2.24, 2.45) is 0 Å². The van der Waals surface area contributed by atoms with E-state index < -0.39 is 59.0 Å². The summed E-state index contributed by atoms with van der Waals surface area (Å²) in [5, 5.41) is 9.70. The van der Waals surface area contributed by atoms with Crippen LogP contribution in [-0.4, -0.2) is 76.0 Å². The number of rotatable bonds is 4. The van der Waals surface area contributed by atoms with Gasteiger partial charge in [-0.05, 0) is 49.2 Å². The van der Waals surface area contributed by atoms with Crippen LogP contribution in [0.4, 0.5) is 28.0 Å². The molecule has 2 saturated heterocycles. The van der Waals surface area contributed by atoms with Gasteiger partial charge in [-0.1, -0.05) is 32.1 Å². The molecule has 2 N–H and O–H groups in total. The smallest absolute Gasteiger partial charge is 0.343 e. The first-order valence-corrected chi connectivity index (χ1v) is 14.4. The van der Waals surface area contributed by atoms with Crippen molar-refractivity contribution in [1.82, 2.24) is 25.3 Å². The summed E-state index contributed by atoms with van der Waals surface area (Å²) >= 11 is 0. The van der Waals surface area contributed by atoms with Crippen molar-refractivity contribution in [1.29, 1.82) is 0 Å². The summed E-state index contributed by atoms with van der Waals surface area (Å²) in [6.07, 6.45) is 4.56. The zero-order valence-electron chi connectivity index (χ0n) is 24.0. The Balaban J connectivity index is 0.000000698. The lowest BCUT2D eigenvalue weighted by atomic mass is 9.85. The number of fused-ring (bicyclic) bond motifs is 1. The van der Waals surface area contributed by atoms with Crippen LogP contribution in [0.3, 0.4) is 0 Å². The lowest BCUT2D eigenvalue weighted by Crippen LogP contribution is -2.58. The second kappa shape index (κ2) is 12.2. The average Bonchev–Trinajstić information content (AvgIpc) is 3.77. The highest BCUT2D eigenvalue weighted by Gasteiger charge is 2.57. The van der Waals surface area contributed by atoms with Crippen LogP contribution in [0.15, 0.2) is 42.6 Å². The first-order valence-electron chi connectivity index (χ1n) is 14.4. The van der Waals surface area contributed by atoms with Gasteiger partial charge in [0.25, 0.3) is 11.8 Å². The second-order valence-electron chi connectivity index (χ2n) is 11.2. The van der Waals surface area contributed by atoms with Crippen LogP contribution < -0.4 is 10.2 Å². The van der Waals surface area contributed by atoms with Crippen LogP contribution >= 0.6 is 0 Å². The third-order valence-electron chi connectivity index (χ3n) is 8.42. The summed E-state index contributed by atoms with van der Waals surface area (Å²) in [5.74, 6) is -3.29. The van der Waals surface area contributed by atoms with E-state index in [1.54, 1.807) is 24.4 Å². The number of benzene rings is 2. The predicted molar refractivity (Wildman–Crippen MR) is 152 cm³/mol. The molecule has 1 saturated carbocycles. The molecule has 0 radical (unpaired) electrons. The summed E-state index contributed by atoms with van der Waals surface area (Å²) < 4.78 is 52.8. The van der Waals surface area contributed by atoms with Crippen LogP contribution in [0, 0.1) is 5.82 Å². The van der Waals surface area contributed by atoms with E-state index in [2.05, 4.69) is 15.5 Å². The number of alkyl halides is 3. The van der Waals surface area contributed by atoms with Gasteiger partial charge in [0.15, 0.2) is 0 Å². The van der Waals surface area contributed by atoms with Gasteiger partial charge < -0.3 is 10.2 Å². The van der Waals surface area contributed by atoms with Crippen LogP contribution in [0.5, 0.6) is 0 Å². The molecule has 234 valence electrons. The number of hydrogen-bond acceptors (Lipinski definition) is 5. The SMILES string of the molecule is C1CCCC1.CN1C(=O)N(c2ccc3[nH]ncc3c2)C2(CCN(C(=O)CNC(=O)c3cc(C(F)(F)F)ccc3F)CC2)C1=O. The minimum absolute atomic E-state index is 0.0734. The fraction of sp³-hybridized carbons (Fsp3) is 0.433. The largest absolute Gasteiger partial charge is 0.416 e.